The average molecular weight is 447 g/mol. The third-order valence-electron chi connectivity index (χ3n) is 3.73. The van der Waals surface area contributed by atoms with Crippen LogP contribution in [0.25, 0.3) is 11.3 Å². The van der Waals surface area contributed by atoms with Gasteiger partial charge in [0.15, 0.2) is 0 Å². The number of hydrogen-bond acceptors (Lipinski definition) is 6. The Hall–Kier alpha value is -3.69. The van der Waals surface area contributed by atoms with Crippen molar-refractivity contribution in [3.8, 4) is 11.3 Å². The highest BCUT2D eigenvalue weighted by molar-refractivity contribution is 6.42. The summed E-state index contributed by atoms with van der Waals surface area (Å²) < 4.78 is 5.58. The maximum Gasteiger partial charge on any atom is 0.329 e. The number of anilines is 1. The number of nitrogens with one attached hydrogen (secondary N) is 2. The quantitative estimate of drug-likeness (QED) is 0.262. The Kier molecular flexibility index (Phi) is 6.45. The number of furan rings is 1. The van der Waals surface area contributed by atoms with Crippen LogP contribution in [0.2, 0.25) is 10.0 Å². The second-order valence-corrected chi connectivity index (χ2v) is 6.60. The molecule has 0 saturated carbocycles. The van der Waals surface area contributed by atoms with Crippen molar-refractivity contribution in [2.45, 2.75) is 0 Å². The smallest absolute Gasteiger partial charge is 0.329 e. The first-order valence-corrected chi connectivity index (χ1v) is 9.03. The van der Waals surface area contributed by atoms with Gasteiger partial charge in [0, 0.05) is 23.4 Å². The molecule has 3 aromatic rings. The normalized spacial score (nSPS) is 10.7. The standard InChI is InChI=1S/C19H12Cl2N4O5/c20-15-7-1-11(9-16(15)21)17-8-6-14(30-17)10-22-24-19(27)18(26)23-12-2-4-13(5-3-12)25(28)29/h1-10H,(H,23,26)(H,24,27)/b22-10+. The molecule has 2 aromatic carbocycles. The van der Waals surface area contributed by atoms with Crippen molar-refractivity contribution in [3.05, 3.63) is 80.5 Å². The molecule has 0 aliphatic carbocycles. The molecule has 1 heterocycles. The number of halogens is 2. The minimum Gasteiger partial charge on any atom is -0.455 e. The number of nitrogens with zero attached hydrogens (tertiary/aromatic N) is 2. The van der Waals surface area contributed by atoms with Gasteiger partial charge < -0.3 is 9.73 Å². The molecule has 0 atom stereocenters. The monoisotopic (exact) mass is 446 g/mol. The van der Waals surface area contributed by atoms with Gasteiger partial charge in [-0.15, -0.1) is 0 Å². The van der Waals surface area contributed by atoms with E-state index in [2.05, 4.69) is 15.8 Å². The molecule has 1 aromatic heterocycles. The summed E-state index contributed by atoms with van der Waals surface area (Å²) in [5.41, 5.74) is 2.85. The van der Waals surface area contributed by atoms with Crippen LogP contribution in [-0.2, 0) is 9.59 Å². The fraction of sp³-hybridized carbons (Fsp3) is 0. The maximum absolute atomic E-state index is 11.8. The van der Waals surface area contributed by atoms with Crippen LogP contribution in [0, 0.1) is 10.1 Å². The highest BCUT2D eigenvalue weighted by Crippen LogP contribution is 2.29. The zero-order valence-corrected chi connectivity index (χ0v) is 16.5. The largest absolute Gasteiger partial charge is 0.455 e. The van der Waals surface area contributed by atoms with Crippen LogP contribution in [0.5, 0.6) is 0 Å². The Morgan fingerprint density at radius 1 is 1.00 bits per heavy atom. The molecule has 0 unspecified atom stereocenters. The zero-order chi connectivity index (χ0) is 21.7. The van der Waals surface area contributed by atoms with Gasteiger partial charge in [-0.3, -0.25) is 19.7 Å². The van der Waals surface area contributed by atoms with E-state index in [0.29, 0.717) is 27.1 Å². The van der Waals surface area contributed by atoms with Gasteiger partial charge in [0.1, 0.15) is 11.5 Å². The SMILES string of the molecule is O=C(N/N=C/c1ccc(-c2ccc(Cl)c(Cl)c2)o1)C(=O)Nc1ccc([N+](=O)[O-])cc1. The van der Waals surface area contributed by atoms with Gasteiger partial charge >= 0.3 is 11.8 Å². The molecule has 2 N–H and O–H groups in total. The van der Waals surface area contributed by atoms with Gasteiger partial charge in [0.25, 0.3) is 5.69 Å². The maximum atomic E-state index is 11.8. The van der Waals surface area contributed by atoms with E-state index in [-0.39, 0.29) is 11.4 Å². The number of benzene rings is 2. The molecule has 152 valence electrons. The van der Waals surface area contributed by atoms with Crippen LogP contribution >= 0.6 is 23.2 Å². The summed E-state index contributed by atoms with van der Waals surface area (Å²) in [6.45, 7) is 0. The van der Waals surface area contributed by atoms with E-state index in [0.717, 1.165) is 0 Å². The van der Waals surface area contributed by atoms with Crippen molar-refractivity contribution in [1.82, 2.24) is 5.43 Å². The lowest BCUT2D eigenvalue weighted by Crippen LogP contribution is -2.32. The van der Waals surface area contributed by atoms with Crippen molar-refractivity contribution in [3.63, 3.8) is 0 Å². The summed E-state index contributed by atoms with van der Waals surface area (Å²) in [5, 5.41) is 17.4. The van der Waals surface area contributed by atoms with Crippen LogP contribution in [0.1, 0.15) is 5.76 Å². The topological polar surface area (TPSA) is 127 Å². The predicted octanol–water partition coefficient (Wildman–Crippen LogP) is 4.25. The number of carbonyl (C=O) groups excluding carboxylic acids is 2. The van der Waals surface area contributed by atoms with E-state index in [1.54, 1.807) is 30.3 Å². The fourth-order valence-corrected chi connectivity index (χ4v) is 2.58. The number of non-ortho nitro benzene ring substituents is 1. The summed E-state index contributed by atoms with van der Waals surface area (Å²) >= 11 is 11.9. The molecule has 0 aliphatic rings. The van der Waals surface area contributed by atoms with E-state index in [1.165, 1.54) is 30.5 Å². The van der Waals surface area contributed by atoms with Gasteiger partial charge in [-0.1, -0.05) is 23.2 Å². The van der Waals surface area contributed by atoms with Gasteiger partial charge in [-0.05, 0) is 42.5 Å². The predicted molar refractivity (Wildman–Crippen MR) is 112 cm³/mol. The first-order valence-electron chi connectivity index (χ1n) is 8.27. The summed E-state index contributed by atoms with van der Waals surface area (Å²) in [6, 6.07) is 13.3. The van der Waals surface area contributed by atoms with Crippen LogP contribution < -0.4 is 10.7 Å². The van der Waals surface area contributed by atoms with E-state index in [1.807, 2.05) is 0 Å². The summed E-state index contributed by atoms with van der Waals surface area (Å²) in [6.07, 6.45) is 1.22. The Morgan fingerprint density at radius 2 is 1.73 bits per heavy atom. The Labute approximate surface area is 179 Å². The number of rotatable bonds is 5. The molecule has 0 radical (unpaired) electrons. The van der Waals surface area contributed by atoms with Crippen LogP contribution in [0.4, 0.5) is 11.4 Å². The van der Waals surface area contributed by atoms with Gasteiger partial charge in [0.2, 0.25) is 0 Å². The molecule has 0 fully saturated rings. The second kappa shape index (κ2) is 9.21. The lowest BCUT2D eigenvalue weighted by molar-refractivity contribution is -0.384. The highest BCUT2D eigenvalue weighted by atomic mass is 35.5. The summed E-state index contributed by atoms with van der Waals surface area (Å²) in [7, 11) is 0. The first kappa shape index (κ1) is 21.0. The molecule has 0 aliphatic heterocycles. The Bertz CT molecular complexity index is 1140. The molecular weight excluding hydrogens is 435 g/mol. The molecule has 3 rings (SSSR count). The number of hydrogen-bond donors (Lipinski definition) is 2. The molecule has 0 spiro atoms. The molecule has 0 saturated heterocycles. The number of nitro benzene ring substituents is 1. The Morgan fingerprint density at radius 3 is 2.40 bits per heavy atom. The van der Waals surface area contributed by atoms with E-state index >= 15 is 0 Å². The van der Waals surface area contributed by atoms with Crippen molar-refractivity contribution >= 4 is 52.6 Å². The van der Waals surface area contributed by atoms with Crippen LogP contribution in [0.3, 0.4) is 0 Å². The summed E-state index contributed by atoms with van der Waals surface area (Å²) in [4.78, 5) is 33.7. The second-order valence-electron chi connectivity index (χ2n) is 5.79. The van der Waals surface area contributed by atoms with Crippen molar-refractivity contribution in [1.29, 1.82) is 0 Å². The lowest BCUT2D eigenvalue weighted by atomic mass is 10.2. The third kappa shape index (κ3) is 5.22. The first-order chi connectivity index (χ1) is 14.3. The van der Waals surface area contributed by atoms with Crippen molar-refractivity contribution in [2.24, 2.45) is 5.10 Å². The number of hydrazone groups is 1. The Balaban J connectivity index is 1.56. The molecule has 2 amide bonds. The lowest BCUT2D eigenvalue weighted by Gasteiger charge is -2.03. The number of amides is 2. The average Bonchev–Trinajstić information content (AvgIpc) is 3.19. The van der Waals surface area contributed by atoms with Crippen molar-refractivity contribution in [2.75, 3.05) is 5.32 Å². The summed E-state index contributed by atoms with van der Waals surface area (Å²) in [5.74, 6) is -1.18. The molecule has 30 heavy (non-hydrogen) atoms. The van der Waals surface area contributed by atoms with Crippen LogP contribution in [0.15, 0.2) is 64.1 Å². The molecular formula is C19H12Cl2N4O5. The minimum atomic E-state index is -1.03. The third-order valence-corrected chi connectivity index (χ3v) is 4.47. The van der Waals surface area contributed by atoms with Crippen molar-refractivity contribution < 1.29 is 18.9 Å². The molecule has 0 bridgehead atoms. The zero-order valence-electron chi connectivity index (χ0n) is 15.0. The fourth-order valence-electron chi connectivity index (χ4n) is 2.29. The molecule has 9 nitrogen and oxygen atoms in total. The van der Waals surface area contributed by atoms with E-state index in [4.69, 9.17) is 27.6 Å². The van der Waals surface area contributed by atoms with Crippen LogP contribution in [-0.4, -0.2) is 23.0 Å². The minimum absolute atomic E-state index is 0.138. The molecule has 11 heteroatoms. The highest BCUT2D eigenvalue weighted by Gasteiger charge is 2.14. The van der Waals surface area contributed by atoms with Gasteiger partial charge in [-0.2, -0.15) is 5.10 Å². The number of nitro groups is 1. The van der Waals surface area contributed by atoms with E-state index in [9.17, 15) is 19.7 Å². The van der Waals surface area contributed by atoms with Gasteiger partial charge in [-0.25, -0.2) is 5.43 Å². The van der Waals surface area contributed by atoms with Gasteiger partial charge in [0.05, 0.1) is 21.2 Å². The number of carbonyl (C=O) groups is 2. The van der Waals surface area contributed by atoms with E-state index < -0.39 is 16.7 Å².